The van der Waals surface area contributed by atoms with Gasteiger partial charge in [0.25, 0.3) is 0 Å². The molecule has 0 N–H and O–H groups in total. The van der Waals surface area contributed by atoms with Gasteiger partial charge in [0.05, 0.1) is 5.41 Å². The summed E-state index contributed by atoms with van der Waals surface area (Å²) in [6.45, 7) is 5.68. The predicted molar refractivity (Wildman–Crippen MR) is 101 cm³/mol. The Bertz CT molecular complexity index is 684. The van der Waals surface area contributed by atoms with Crippen LogP contribution in [0, 0.1) is 11.3 Å². The minimum atomic E-state index is -0.678. The van der Waals surface area contributed by atoms with Crippen LogP contribution in [-0.2, 0) is 22.5 Å². The summed E-state index contributed by atoms with van der Waals surface area (Å²) < 4.78 is 17.1. The summed E-state index contributed by atoms with van der Waals surface area (Å²) in [7, 11) is 0. The van der Waals surface area contributed by atoms with E-state index in [-0.39, 0.29) is 12.5 Å². The average molecular weight is 376 g/mol. The third-order valence-electron chi connectivity index (χ3n) is 5.62. The maximum absolute atomic E-state index is 13.5. The molecule has 0 radical (unpaired) electrons. The van der Waals surface area contributed by atoms with E-state index in [1.54, 1.807) is 4.90 Å². The van der Waals surface area contributed by atoms with Gasteiger partial charge in [0.1, 0.15) is 13.3 Å². The first-order chi connectivity index (χ1) is 12.9. The highest BCUT2D eigenvalue weighted by Gasteiger charge is 2.46. The number of halogens is 1. The molecule has 1 fully saturated rings. The maximum Gasteiger partial charge on any atom is 0.409 e. The number of carbonyl (C=O) groups excluding carboxylic acids is 2. The average Bonchev–Trinajstić information content (AvgIpc) is 2.76. The number of hydrogen-bond acceptors (Lipinski definition) is 3. The van der Waals surface area contributed by atoms with Crippen LogP contribution < -0.4 is 0 Å². The van der Waals surface area contributed by atoms with Crippen molar-refractivity contribution >= 4 is 12.0 Å². The number of piperidine rings is 1. The van der Waals surface area contributed by atoms with Crippen molar-refractivity contribution in [3.63, 3.8) is 0 Å². The fourth-order valence-corrected chi connectivity index (χ4v) is 4.25. The normalized spacial score (nSPS) is 19.2. The van der Waals surface area contributed by atoms with Crippen LogP contribution in [0.5, 0.6) is 0 Å². The Kier molecular flexibility index (Phi) is 6.02. The molecule has 2 aliphatic rings. The highest BCUT2D eigenvalue weighted by atomic mass is 19.1. The van der Waals surface area contributed by atoms with Crippen molar-refractivity contribution in [1.29, 1.82) is 0 Å². The molecule has 0 atom stereocenters. The van der Waals surface area contributed by atoms with Crippen LogP contribution >= 0.6 is 0 Å². The molecule has 1 aromatic rings. The summed E-state index contributed by atoms with van der Waals surface area (Å²) in [5.41, 5.74) is 1.97. The molecule has 6 heteroatoms. The lowest BCUT2D eigenvalue weighted by Gasteiger charge is -2.42. The standard InChI is InChI=1S/C21H29FN2O3/c1-16(2)14-24-15-18-6-4-3-5-17(18)13-21(19(24)25)7-10-23(11-8-21)20(26)27-12-9-22/h3-6,16H,7-15H2,1-2H3. The zero-order valence-corrected chi connectivity index (χ0v) is 16.2. The van der Waals surface area contributed by atoms with Gasteiger partial charge in [-0.2, -0.15) is 0 Å². The highest BCUT2D eigenvalue weighted by molar-refractivity contribution is 5.84. The molecule has 0 saturated carbocycles. The van der Waals surface area contributed by atoms with Crippen LogP contribution in [0.25, 0.3) is 0 Å². The first-order valence-electron chi connectivity index (χ1n) is 9.79. The molecule has 2 amide bonds. The van der Waals surface area contributed by atoms with Gasteiger partial charge in [-0.05, 0) is 36.3 Å². The number of rotatable bonds is 4. The van der Waals surface area contributed by atoms with E-state index in [4.69, 9.17) is 4.74 Å². The van der Waals surface area contributed by atoms with Crippen molar-refractivity contribution in [3.8, 4) is 0 Å². The lowest BCUT2D eigenvalue weighted by Crippen LogP contribution is -2.51. The van der Waals surface area contributed by atoms with Crippen LogP contribution in [0.15, 0.2) is 24.3 Å². The molecule has 0 aliphatic carbocycles. The Morgan fingerprint density at radius 1 is 1.22 bits per heavy atom. The van der Waals surface area contributed by atoms with Gasteiger partial charge in [0.2, 0.25) is 5.91 Å². The first-order valence-corrected chi connectivity index (χ1v) is 9.79. The van der Waals surface area contributed by atoms with Crippen molar-refractivity contribution in [2.75, 3.05) is 32.9 Å². The topological polar surface area (TPSA) is 49.9 Å². The molecule has 148 valence electrons. The van der Waals surface area contributed by atoms with Crippen molar-refractivity contribution < 1.29 is 18.7 Å². The zero-order valence-electron chi connectivity index (χ0n) is 16.2. The van der Waals surface area contributed by atoms with E-state index in [1.807, 2.05) is 17.0 Å². The van der Waals surface area contributed by atoms with Gasteiger partial charge in [-0.15, -0.1) is 0 Å². The summed E-state index contributed by atoms with van der Waals surface area (Å²) in [6, 6.07) is 8.28. The van der Waals surface area contributed by atoms with E-state index in [0.717, 1.165) is 6.54 Å². The zero-order chi connectivity index (χ0) is 19.4. The van der Waals surface area contributed by atoms with Crippen molar-refractivity contribution in [1.82, 2.24) is 9.80 Å². The lowest BCUT2D eigenvalue weighted by molar-refractivity contribution is -0.145. The van der Waals surface area contributed by atoms with Gasteiger partial charge in [-0.3, -0.25) is 4.79 Å². The predicted octanol–water partition coefficient (Wildman–Crippen LogP) is 3.42. The number of likely N-dealkylation sites (tertiary alicyclic amines) is 1. The molecule has 0 aromatic heterocycles. The van der Waals surface area contributed by atoms with Gasteiger partial charge in [0.15, 0.2) is 0 Å². The highest BCUT2D eigenvalue weighted by Crippen LogP contribution is 2.40. The second-order valence-electron chi connectivity index (χ2n) is 8.10. The van der Waals surface area contributed by atoms with Crippen LogP contribution in [-0.4, -0.2) is 54.7 Å². The third-order valence-corrected chi connectivity index (χ3v) is 5.62. The number of nitrogens with zero attached hydrogens (tertiary/aromatic N) is 2. The van der Waals surface area contributed by atoms with E-state index in [9.17, 15) is 14.0 Å². The Labute approximate surface area is 160 Å². The largest absolute Gasteiger partial charge is 0.447 e. The van der Waals surface area contributed by atoms with Gasteiger partial charge in [-0.25, -0.2) is 9.18 Å². The molecule has 1 aromatic carbocycles. The quantitative estimate of drug-likeness (QED) is 0.809. The number of alkyl halides is 1. The summed E-state index contributed by atoms with van der Waals surface area (Å²) in [5, 5.41) is 0. The number of fused-ring (bicyclic) bond motifs is 1. The molecule has 1 saturated heterocycles. The van der Waals surface area contributed by atoms with E-state index in [2.05, 4.69) is 26.0 Å². The number of benzene rings is 1. The SMILES string of the molecule is CC(C)CN1Cc2ccccc2CC2(CCN(C(=O)OCCF)CC2)C1=O. The van der Waals surface area contributed by atoms with E-state index >= 15 is 0 Å². The summed E-state index contributed by atoms with van der Waals surface area (Å²) >= 11 is 0. The van der Waals surface area contributed by atoms with Crippen LogP contribution in [0.4, 0.5) is 9.18 Å². The van der Waals surface area contributed by atoms with Crippen molar-refractivity contribution in [2.45, 2.75) is 39.7 Å². The molecule has 27 heavy (non-hydrogen) atoms. The summed E-state index contributed by atoms with van der Waals surface area (Å²) in [5.74, 6) is 0.594. The molecule has 2 aliphatic heterocycles. The van der Waals surface area contributed by atoms with E-state index in [0.29, 0.717) is 44.8 Å². The molecular weight excluding hydrogens is 347 g/mol. The summed E-state index contributed by atoms with van der Waals surface area (Å²) in [6.07, 6.45) is 1.45. The fraction of sp³-hybridized carbons (Fsp3) is 0.619. The maximum atomic E-state index is 13.5. The molecule has 2 heterocycles. The molecule has 0 bridgehead atoms. The minimum Gasteiger partial charge on any atom is -0.447 e. The minimum absolute atomic E-state index is 0.198. The molecule has 5 nitrogen and oxygen atoms in total. The molecule has 3 rings (SSSR count). The summed E-state index contributed by atoms with van der Waals surface area (Å²) in [4.78, 5) is 29.1. The monoisotopic (exact) mass is 376 g/mol. The number of ether oxygens (including phenoxy) is 1. The third kappa shape index (κ3) is 4.25. The van der Waals surface area contributed by atoms with Crippen LogP contribution in [0.2, 0.25) is 0 Å². The second-order valence-corrected chi connectivity index (χ2v) is 8.10. The molecular formula is C21H29FN2O3. The van der Waals surface area contributed by atoms with Crippen molar-refractivity contribution in [2.24, 2.45) is 11.3 Å². The number of hydrogen-bond donors (Lipinski definition) is 0. The van der Waals surface area contributed by atoms with Crippen molar-refractivity contribution in [3.05, 3.63) is 35.4 Å². The number of carbonyl (C=O) groups is 2. The van der Waals surface area contributed by atoms with Gasteiger partial charge >= 0.3 is 6.09 Å². The van der Waals surface area contributed by atoms with Crippen LogP contribution in [0.1, 0.15) is 37.8 Å². The van der Waals surface area contributed by atoms with Gasteiger partial charge in [-0.1, -0.05) is 38.1 Å². The Hall–Kier alpha value is -2.11. The van der Waals surface area contributed by atoms with E-state index < -0.39 is 18.2 Å². The van der Waals surface area contributed by atoms with Crippen LogP contribution in [0.3, 0.4) is 0 Å². The number of amides is 2. The molecule has 1 spiro atoms. The second kappa shape index (κ2) is 8.28. The first kappa shape index (κ1) is 19.6. The van der Waals surface area contributed by atoms with E-state index in [1.165, 1.54) is 11.1 Å². The fourth-order valence-electron chi connectivity index (χ4n) is 4.25. The Morgan fingerprint density at radius 3 is 2.52 bits per heavy atom. The van der Waals surface area contributed by atoms with Gasteiger partial charge in [0, 0.05) is 26.2 Å². The molecule has 0 unspecified atom stereocenters. The Balaban J connectivity index is 1.81. The Morgan fingerprint density at radius 2 is 1.89 bits per heavy atom. The van der Waals surface area contributed by atoms with Gasteiger partial charge < -0.3 is 14.5 Å². The lowest BCUT2D eigenvalue weighted by atomic mass is 9.73. The smallest absolute Gasteiger partial charge is 0.409 e.